The fourth-order valence-electron chi connectivity index (χ4n) is 2.47. The van der Waals surface area contributed by atoms with Crippen LogP contribution in [0.2, 0.25) is 0 Å². The molecule has 0 radical (unpaired) electrons. The lowest BCUT2D eigenvalue weighted by Gasteiger charge is -2.14. The summed E-state index contributed by atoms with van der Waals surface area (Å²) in [5.41, 5.74) is 0.957. The number of fused-ring (bicyclic) bond motifs is 1. The lowest BCUT2D eigenvalue weighted by molar-refractivity contribution is -0.885. The van der Waals surface area contributed by atoms with E-state index >= 15 is 0 Å². The van der Waals surface area contributed by atoms with E-state index in [9.17, 15) is 9.59 Å². The fourth-order valence-corrected chi connectivity index (χ4v) is 2.47. The van der Waals surface area contributed by atoms with E-state index in [4.69, 9.17) is 9.15 Å². The van der Waals surface area contributed by atoms with Gasteiger partial charge in [0.15, 0.2) is 6.54 Å². The van der Waals surface area contributed by atoms with Crippen LogP contribution in [0, 0.1) is 0 Å². The molecule has 2 N–H and O–H groups in total. The maximum absolute atomic E-state index is 11.8. The van der Waals surface area contributed by atoms with Crippen molar-refractivity contribution in [2.45, 2.75) is 19.9 Å². The fraction of sp³-hybridized carbons (Fsp3) is 0.412. The molecule has 1 heterocycles. The van der Waals surface area contributed by atoms with Gasteiger partial charge in [-0.25, -0.2) is 4.79 Å². The van der Waals surface area contributed by atoms with Crippen LogP contribution in [-0.4, -0.2) is 33.2 Å². The summed E-state index contributed by atoms with van der Waals surface area (Å²) in [6.45, 7) is 3.62. The monoisotopic (exact) mass is 319 g/mol. The highest BCUT2D eigenvalue weighted by atomic mass is 16.5. The van der Waals surface area contributed by atoms with Crippen molar-refractivity contribution in [3.63, 3.8) is 0 Å². The molecule has 0 saturated carbocycles. The minimum absolute atomic E-state index is 0.0123. The van der Waals surface area contributed by atoms with Crippen molar-refractivity contribution in [3.05, 3.63) is 40.2 Å². The first-order valence-electron chi connectivity index (χ1n) is 7.72. The molecular weight excluding hydrogens is 296 g/mol. The van der Waals surface area contributed by atoms with Crippen molar-refractivity contribution in [1.82, 2.24) is 5.32 Å². The number of amides is 1. The molecule has 0 spiro atoms. The van der Waals surface area contributed by atoms with Crippen molar-refractivity contribution in [1.29, 1.82) is 0 Å². The molecule has 1 unspecified atom stereocenters. The van der Waals surface area contributed by atoms with Crippen LogP contribution in [0.5, 0.6) is 5.75 Å². The predicted octanol–water partition coefficient (Wildman–Crippen LogP) is 0.343. The maximum atomic E-state index is 11.8. The Morgan fingerprint density at radius 1 is 1.35 bits per heavy atom. The number of likely N-dealkylation sites (N-methyl/N-ethyl adjacent to an activating group) is 1. The molecule has 1 atom stereocenters. The molecule has 23 heavy (non-hydrogen) atoms. The number of rotatable bonds is 7. The highest BCUT2D eigenvalue weighted by Gasteiger charge is 2.14. The molecule has 2 rings (SSSR count). The SMILES string of the molecule is CCCNC(=O)C[NH+](C)Cc1cc(=O)oc2cc(OC)ccc12. The van der Waals surface area contributed by atoms with Gasteiger partial charge in [0.05, 0.1) is 14.2 Å². The predicted molar refractivity (Wildman–Crippen MR) is 87.8 cm³/mol. The largest absolute Gasteiger partial charge is 0.497 e. The number of hydrogen-bond acceptors (Lipinski definition) is 4. The maximum Gasteiger partial charge on any atom is 0.336 e. The number of nitrogens with one attached hydrogen (secondary N) is 2. The minimum Gasteiger partial charge on any atom is -0.497 e. The molecule has 0 fully saturated rings. The lowest BCUT2D eigenvalue weighted by atomic mass is 10.1. The van der Waals surface area contributed by atoms with Crippen LogP contribution < -0.4 is 20.6 Å². The first kappa shape index (κ1) is 17.0. The van der Waals surface area contributed by atoms with E-state index in [0.717, 1.165) is 22.3 Å². The summed E-state index contributed by atoms with van der Waals surface area (Å²) in [5.74, 6) is 0.649. The van der Waals surface area contributed by atoms with Crippen LogP contribution in [0.4, 0.5) is 0 Å². The molecular formula is C17H23N2O4+. The summed E-state index contributed by atoms with van der Waals surface area (Å²) in [6, 6.07) is 6.89. The molecule has 2 aromatic rings. The Morgan fingerprint density at radius 2 is 2.13 bits per heavy atom. The van der Waals surface area contributed by atoms with Gasteiger partial charge in [-0.2, -0.15) is 0 Å². The third kappa shape index (κ3) is 4.56. The van der Waals surface area contributed by atoms with Gasteiger partial charge in [-0.1, -0.05) is 6.92 Å². The average Bonchev–Trinajstić information content (AvgIpc) is 2.51. The summed E-state index contributed by atoms with van der Waals surface area (Å²) in [4.78, 5) is 24.5. The summed E-state index contributed by atoms with van der Waals surface area (Å²) in [7, 11) is 3.49. The van der Waals surface area contributed by atoms with Gasteiger partial charge in [0.25, 0.3) is 5.91 Å². The molecule has 0 saturated heterocycles. The number of hydrogen-bond donors (Lipinski definition) is 2. The molecule has 0 bridgehead atoms. The molecule has 1 amide bonds. The zero-order valence-electron chi connectivity index (χ0n) is 13.8. The highest BCUT2D eigenvalue weighted by Crippen LogP contribution is 2.21. The highest BCUT2D eigenvalue weighted by molar-refractivity contribution is 5.81. The standard InChI is InChI=1S/C17H22N2O4/c1-4-7-18-16(20)11-19(2)10-12-8-17(21)23-15-9-13(22-3)5-6-14(12)15/h5-6,8-9H,4,7,10-11H2,1-3H3,(H,18,20)/p+1. The van der Waals surface area contributed by atoms with Crippen LogP contribution >= 0.6 is 0 Å². The Bertz CT molecular complexity index is 739. The molecule has 0 aliphatic carbocycles. The summed E-state index contributed by atoms with van der Waals surface area (Å²) in [5, 5.41) is 3.72. The van der Waals surface area contributed by atoms with E-state index in [1.807, 2.05) is 26.1 Å². The normalized spacial score (nSPS) is 12.1. The van der Waals surface area contributed by atoms with Crippen LogP contribution in [-0.2, 0) is 11.3 Å². The van der Waals surface area contributed by atoms with Gasteiger partial charge in [-0.05, 0) is 18.6 Å². The van der Waals surface area contributed by atoms with Gasteiger partial charge in [0, 0.05) is 29.6 Å². The number of carbonyl (C=O) groups excluding carboxylic acids is 1. The smallest absolute Gasteiger partial charge is 0.336 e. The molecule has 0 aliphatic heterocycles. The number of benzene rings is 1. The van der Waals surface area contributed by atoms with E-state index in [-0.39, 0.29) is 5.91 Å². The first-order chi connectivity index (χ1) is 11.0. The lowest BCUT2D eigenvalue weighted by Crippen LogP contribution is -3.08. The second kappa shape index (κ2) is 7.78. The van der Waals surface area contributed by atoms with Crippen molar-refractivity contribution >= 4 is 16.9 Å². The van der Waals surface area contributed by atoms with Gasteiger partial charge in [-0.3, -0.25) is 4.79 Å². The Labute approximate surface area is 135 Å². The molecule has 6 nitrogen and oxygen atoms in total. The zero-order chi connectivity index (χ0) is 16.8. The van der Waals surface area contributed by atoms with Gasteiger partial charge >= 0.3 is 5.63 Å². The second-order valence-electron chi connectivity index (χ2n) is 5.61. The van der Waals surface area contributed by atoms with Gasteiger partial charge in [0.1, 0.15) is 17.9 Å². The van der Waals surface area contributed by atoms with Crippen molar-refractivity contribution in [2.24, 2.45) is 0 Å². The first-order valence-corrected chi connectivity index (χ1v) is 7.72. The van der Waals surface area contributed by atoms with Crippen molar-refractivity contribution in [2.75, 3.05) is 27.2 Å². The van der Waals surface area contributed by atoms with E-state index in [2.05, 4.69) is 5.32 Å². The van der Waals surface area contributed by atoms with Crippen molar-refractivity contribution in [3.8, 4) is 5.75 Å². The van der Waals surface area contributed by atoms with Gasteiger partial charge in [0.2, 0.25) is 0 Å². The summed E-state index contributed by atoms with van der Waals surface area (Å²) < 4.78 is 10.4. The minimum atomic E-state index is -0.399. The number of carbonyl (C=O) groups is 1. The van der Waals surface area contributed by atoms with Gasteiger partial charge in [-0.15, -0.1) is 0 Å². The topological polar surface area (TPSA) is 73.0 Å². The Kier molecular flexibility index (Phi) is 5.76. The second-order valence-corrected chi connectivity index (χ2v) is 5.61. The number of ether oxygens (including phenoxy) is 1. The van der Waals surface area contributed by atoms with E-state index in [1.54, 1.807) is 13.2 Å². The van der Waals surface area contributed by atoms with Crippen LogP contribution in [0.15, 0.2) is 33.5 Å². The Morgan fingerprint density at radius 3 is 2.83 bits per heavy atom. The Hall–Kier alpha value is -2.34. The summed E-state index contributed by atoms with van der Waals surface area (Å²) in [6.07, 6.45) is 0.914. The molecule has 1 aromatic heterocycles. The van der Waals surface area contributed by atoms with Crippen LogP contribution in [0.3, 0.4) is 0 Å². The third-order valence-corrected chi connectivity index (χ3v) is 3.56. The number of methoxy groups -OCH3 is 1. The summed E-state index contributed by atoms with van der Waals surface area (Å²) >= 11 is 0. The molecule has 124 valence electrons. The van der Waals surface area contributed by atoms with Crippen LogP contribution in [0.25, 0.3) is 11.0 Å². The number of quaternary nitrogens is 1. The van der Waals surface area contributed by atoms with Crippen LogP contribution in [0.1, 0.15) is 18.9 Å². The van der Waals surface area contributed by atoms with E-state index in [0.29, 0.717) is 31.0 Å². The van der Waals surface area contributed by atoms with E-state index in [1.165, 1.54) is 6.07 Å². The van der Waals surface area contributed by atoms with Crippen molar-refractivity contribution < 1.29 is 18.8 Å². The van der Waals surface area contributed by atoms with E-state index < -0.39 is 5.63 Å². The zero-order valence-corrected chi connectivity index (χ0v) is 13.8. The third-order valence-electron chi connectivity index (χ3n) is 3.56. The average molecular weight is 319 g/mol. The van der Waals surface area contributed by atoms with Gasteiger partial charge < -0.3 is 19.4 Å². The molecule has 1 aromatic carbocycles. The molecule has 6 heteroatoms. The quantitative estimate of drug-likeness (QED) is 0.722. The Balaban J connectivity index is 2.19. The molecule has 0 aliphatic rings.